The van der Waals surface area contributed by atoms with Gasteiger partial charge in [-0.05, 0) is 24.3 Å². The number of hydrogen-bond acceptors (Lipinski definition) is 3. The minimum atomic E-state index is -0.951. The fourth-order valence-corrected chi connectivity index (χ4v) is 1.59. The van der Waals surface area contributed by atoms with Gasteiger partial charge in [0.25, 0.3) is 0 Å². The molecule has 1 aromatic rings. The quantitative estimate of drug-likeness (QED) is 0.452. The van der Waals surface area contributed by atoms with Crippen LogP contribution in [-0.2, 0) is 4.79 Å². The molecule has 0 aliphatic carbocycles. The van der Waals surface area contributed by atoms with E-state index in [0.29, 0.717) is 11.4 Å². The fourth-order valence-electron chi connectivity index (χ4n) is 0.796. The molecule has 0 amide bonds. The Morgan fingerprint density at radius 3 is 2.50 bits per heavy atom. The summed E-state index contributed by atoms with van der Waals surface area (Å²) in [5.41, 5.74) is 6.41. The molecule has 0 bridgehead atoms. The Labute approximate surface area is 86.6 Å². The molecule has 3 nitrogen and oxygen atoms in total. The predicted octanol–water partition coefficient (Wildman–Crippen LogP) is 2.00. The first-order chi connectivity index (χ1) is 6.59. The minimum absolute atomic E-state index is 0.201. The number of hydrogen-bond donors (Lipinski definition) is 2. The first-order valence-corrected chi connectivity index (χ1v) is 4.97. The van der Waals surface area contributed by atoms with Gasteiger partial charge < -0.3 is 10.8 Å². The van der Waals surface area contributed by atoms with Crippen molar-refractivity contribution in [2.45, 2.75) is 4.90 Å². The van der Waals surface area contributed by atoms with Gasteiger partial charge in [-0.3, -0.25) is 0 Å². The molecule has 4 heteroatoms. The van der Waals surface area contributed by atoms with Crippen LogP contribution in [0.4, 0.5) is 5.69 Å². The number of benzene rings is 1. The van der Waals surface area contributed by atoms with Crippen molar-refractivity contribution in [3.05, 3.63) is 36.4 Å². The third kappa shape index (κ3) is 3.14. The molecule has 0 fully saturated rings. The third-order valence-corrected chi connectivity index (χ3v) is 2.69. The van der Waals surface area contributed by atoms with Crippen molar-refractivity contribution in [3.8, 4) is 0 Å². The van der Waals surface area contributed by atoms with E-state index in [-0.39, 0.29) is 5.57 Å². The maximum absolute atomic E-state index is 10.4. The molecule has 0 heterocycles. The van der Waals surface area contributed by atoms with Crippen LogP contribution in [0.3, 0.4) is 0 Å². The van der Waals surface area contributed by atoms with E-state index in [2.05, 4.69) is 6.58 Å². The second kappa shape index (κ2) is 4.72. The summed E-state index contributed by atoms with van der Waals surface area (Å²) in [6.07, 6.45) is 0. The van der Waals surface area contributed by atoms with Crippen LogP contribution in [0.15, 0.2) is 41.3 Å². The fraction of sp³-hybridized carbons (Fsp3) is 0.100. The van der Waals surface area contributed by atoms with E-state index < -0.39 is 5.97 Å². The highest BCUT2D eigenvalue weighted by Crippen LogP contribution is 2.20. The van der Waals surface area contributed by atoms with Crippen LogP contribution in [0.25, 0.3) is 0 Å². The van der Waals surface area contributed by atoms with E-state index in [4.69, 9.17) is 10.8 Å². The molecule has 1 rings (SSSR count). The Morgan fingerprint density at radius 1 is 1.43 bits per heavy atom. The van der Waals surface area contributed by atoms with E-state index in [1.165, 1.54) is 11.8 Å². The number of carbonyl (C=O) groups is 1. The van der Waals surface area contributed by atoms with Crippen molar-refractivity contribution in [1.29, 1.82) is 0 Å². The Kier molecular flexibility index (Phi) is 3.59. The molecule has 0 saturated carbocycles. The number of anilines is 1. The summed E-state index contributed by atoms with van der Waals surface area (Å²) in [6, 6.07) is 7.28. The molecule has 0 aromatic heterocycles. The summed E-state index contributed by atoms with van der Waals surface area (Å²) in [6.45, 7) is 3.44. The number of carboxylic acids is 1. The van der Waals surface area contributed by atoms with Crippen LogP contribution >= 0.6 is 11.8 Å². The second-order valence-electron chi connectivity index (χ2n) is 2.77. The van der Waals surface area contributed by atoms with Gasteiger partial charge in [0.1, 0.15) is 0 Å². The SMILES string of the molecule is C=C(CSc1ccc(N)cc1)C(=O)O. The van der Waals surface area contributed by atoms with Gasteiger partial charge in [0.15, 0.2) is 0 Å². The van der Waals surface area contributed by atoms with E-state index >= 15 is 0 Å². The molecule has 14 heavy (non-hydrogen) atoms. The van der Waals surface area contributed by atoms with Crippen molar-refractivity contribution in [3.63, 3.8) is 0 Å². The highest BCUT2D eigenvalue weighted by Gasteiger charge is 2.03. The zero-order chi connectivity index (χ0) is 10.6. The highest BCUT2D eigenvalue weighted by atomic mass is 32.2. The maximum Gasteiger partial charge on any atom is 0.331 e. The standard InChI is InChI=1S/C10H11NO2S/c1-7(10(12)13)6-14-9-4-2-8(11)3-5-9/h2-5H,1,6,11H2,(H,12,13). The van der Waals surface area contributed by atoms with Crippen molar-refractivity contribution in [2.24, 2.45) is 0 Å². The van der Waals surface area contributed by atoms with Crippen LogP contribution in [0, 0.1) is 0 Å². The average molecular weight is 209 g/mol. The van der Waals surface area contributed by atoms with E-state index in [1.807, 2.05) is 12.1 Å². The van der Waals surface area contributed by atoms with Gasteiger partial charge in [0.05, 0.1) is 0 Å². The number of thioether (sulfide) groups is 1. The van der Waals surface area contributed by atoms with Gasteiger partial charge in [-0.2, -0.15) is 0 Å². The van der Waals surface area contributed by atoms with Gasteiger partial charge in [0, 0.05) is 21.9 Å². The number of nitrogens with two attached hydrogens (primary N) is 1. The molecular weight excluding hydrogens is 198 g/mol. The Bertz CT molecular complexity index is 346. The Hall–Kier alpha value is -1.42. The van der Waals surface area contributed by atoms with Crippen molar-refractivity contribution in [2.75, 3.05) is 11.5 Å². The molecule has 0 unspecified atom stereocenters. The van der Waals surface area contributed by atoms with Gasteiger partial charge >= 0.3 is 5.97 Å². The number of rotatable bonds is 4. The summed E-state index contributed by atoms with van der Waals surface area (Å²) in [4.78, 5) is 11.4. The monoisotopic (exact) mass is 209 g/mol. The third-order valence-electron chi connectivity index (χ3n) is 1.60. The number of nitrogen functional groups attached to an aromatic ring is 1. The Morgan fingerprint density at radius 2 is 2.00 bits per heavy atom. The predicted molar refractivity (Wildman–Crippen MR) is 58.4 cm³/mol. The number of aliphatic carboxylic acids is 1. The van der Waals surface area contributed by atoms with Crippen molar-refractivity contribution >= 4 is 23.4 Å². The van der Waals surface area contributed by atoms with Crippen molar-refractivity contribution in [1.82, 2.24) is 0 Å². The second-order valence-corrected chi connectivity index (χ2v) is 3.82. The van der Waals surface area contributed by atoms with E-state index in [1.54, 1.807) is 12.1 Å². The normalized spacial score (nSPS) is 9.71. The zero-order valence-electron chi connectivity index (χ0n) is 7.56. The lowest BCUT2D eigenvalue weighted by atomic mass is 10.3. The van der Waals surface area contributed by atoms with Gasteiger partial charge in [-0.15, -0.1) is 11.8 Å². The van der Waals surface area contributed by atoms with Crippen LogP contribution in [0.1, 0.15) is 0 Å². The zero-order valence-corrected chi connectivity index (χ0v) is 8.38. The largest absolute Gasteiger partial charge is 0.478 e. The molecule has 0 spiro atoms. The van der Waals surface area contributed by atoms with Crippen molar-refractivity contribution < 1.29 is 9.90 Å². The lowest BCUT2D eigenvalue weighted by molar-refractivity contribution is -0.132. The number of carboxylic acid groups (broad SMARTS) is 1. The summed E-state index contributed by atoms with van der Waals surface area (Å²) in [5, 5.41) is 8.57. The maximum atomic E-state index is 10.4. The molecular formula is C10H11NO2S. The summed E-state index contributed by atoms with van der Waals surface area (Å²) < 4.78 is 0. The lowest BCUT2D eigenvalue weighted by Crippen LogP contribution is -2.00. The lowest BCUT2D eigenvalue weighted by Gasteiger charge is -2.01. The molecule has 0 atom stereocenters. The van der Waals surface area contributed by atoms with E-state index in [9.17, 15) is 4.79 Å². The summed E-state index contributed by atoms with van der Waals surface area (Å²) >= 11 is 1.43. The smallest absolute Gasteiger partial charge is 0.331 e. The van der Waals surface area contributed by atoms with Crippen LogP contribution in [0.5, 0.6) is 0 Å². The van der Waals surface area contributed by atoms with E-state index in [0.717, 1.165) is 4.90 Å². The first-order valence-electron chi connectivity index (χ1n) is 3.99. The molecule has 0 aliphatic heterocycles. The highest BCUT2D eigenvalue weighted by molar-refractivity contribution is 7.99. The molecule has 3 N–H and O–H groups in total. The summed E-state index contributed by atoms with van der Waals surface area (Å²) in [5.74, 6) is -0.563. The Balaban J connectivity index is 2.50. The van der Waals surface area contributed by atoms with Crippen LogP contribution in [0.2, 0.25) is 0 Å². The molecule has 0 saturated heterocycles. The van der Waals surface area contributed by atoms with Gasteiger partial charge in [-0.1, -0.05) is 6.58 Å². The average Bonchev–Trinajstić information content (AvgIpc) is 2.16. The van der Waals surface area contributed by atoms with Crippen LogP contribution in [-0.4, -0.2) is 16.8 Å². The van der Waals surface area contributed by atoms with Crippen LogP contribution < -0.4 is 5.73 Å². The molecule has 0 aliphatic rings. The topological polar surface area (TPSA) is 63.3 Å². The molecule has 74 valence electrons. The molecule has 0 radical (unpaired) electrons. The van der Waals surface area contributed by atoms with Gasteiger partial charge in [-0.25, -0.2) is 4.79 Å². The molecule has 1 aromatic carbocycles. The van der Waals surface area contributed by atoms with Gasteiger partial charge in [0.2, 0.25) is 0 Å². The first kappa shape index (κ1) is 10.7. The summed E-state index contributed by atoms with van der Waals surface area (Å²) in [7, 11) is 0. The minimum Gasteiger partial charge on any atom is -0.478 e.